The monoisotopic (exact) mass is 378 g/mol. The molecule has 1 aliphatic rings. The normalized spacial score (nSPS) is 15.0. The molecular weight excluding hydrogens is 352 g/mol. The molecule has 0 unspecified atom stereocenters. The van der Waals surface area contributed by atoms with Crippen molar-refractivity contribution in [2.24, 2.45) is 0 Å². The average Bonchev–Trinajstić information content (AvgIpc) is 3.43. The van der Waals surface area contributed by atoms with Crippen LogP contribution in [0.5, 0.6) is 0 Å². The number of aromatic nitrogens is 3. The Labute approximate surface area is 164 Å². The predicted molar refractivity (Wildman–Crippen MR) is 110 cm³/mol. The zero-order valence-corrected chi connectivity index (χ0v) is 16.8. The molecule has 1 amide bonds. The number of aryl methyl sites for hydroxylation is 2. The number of rotatable bonds is 5. The van der Waals surface area contributed by atoms with Crippen LogP contribution in [-0.4, -0.2) is 26.5 Å². The van der Waals surface area contributed by atoms with Crippen LogP contribution in [0.3, 0.4) is 0 Å². The van der Waals surface area contributed by atoms with Crippen molar-refractivity contribution in [3.8, 4) is 11.3 Å². The summed E-state index contributed by atoms with van der Waals surface area (Å²) in [6.45, 7) is 8.10. The number of hydrogen-bond donors (Lipinski definition) is 2. The highest BCUT2D eigenvalue weighted by Crippen LogP contribution is 2.43. The molecule has 2 N–H and O–H groups in total. The van der Waals surface area contributed by atoms with Gasteiger partial charge in [-0.05, 0) is 68.7 Å². The summed E-state index contributed by atoms with van der Waals surface area (Å²) in [5, 5.41) is 7.52. The maximum absolute atomic E-state index is 12.9. The fourth-order valence-electron chi connectivity index (χ4n) is 3.48. The molecule has 1 aliphatic carbocycles. The molecule has 2 aromatic heterocycles. The number of fused-ring (bicyclic) bond motifs is 1. The first kappa shape index (κ1) is 18.5. The van der Waals surface area contributed by atoms with E-state index < -0.39 is 0 Å². The van der Waals surface area contributed by atoms with E-state index in [2.05, 4.69) is 22.3 Å². The topological polar surface area (TPSA) is 79.3 Å². The lowest BCUT2D eigenvalue weighted by atomic mass is 10.0. The summed E-state index contributed by atoms with van der Waals surface area (Å²) in [7, 11) is 0. The largest absolute Gasteiger partial charge is 0.348 e. The van der Waals surface area contributed by atoms with E-state index in [9.17, 15) is 9.59 Å². The van der Waals surface area contributed by atoms with Crippen molar-refractivity contribution >= 4 is 11.4 Å². The maximum atomic E-state index is 12.9. The Balaban J connectivity index is 1.85. The molecule has 146 valence electrons. The van der Waals surface area contributed by atoms with Gasteiger partial charge in [0, 0.05) is 11.6 Å². The summed E-state index contributed by atoms with van der Waals surface area (Å²) in [6.07, 6.45) is 4.63. The Kier molecular flexibility index (Phi) is 4.57. The molecule has 1 fully saturated rings. The van der Waals surface area contributed by atoms with Crippen molar-refractivity contribution < 1.29 is 4.79 Å². The Bertz CT molecular complexity index is 1120. The molecule has 0 radical (unpaired) electrons. The van der Waals surface area contributed by atoms with Gasteiger partial charge in [-0.1, -0.05) is 19.1 Å². The van der Waals surface area contributed by atoms with Gasteiger partial charge in [0.15, 0.2) is 5.69 Å². The van der Waals surface area contributed by atoms with E-state index in [1.165, 1.54) is 5.56 Å². The first-order valence-corrected chi connectivity index (χ1v) is 9.93. The SMILES string of the molecule is CC[C@@H](C)NC(=O)c1nn2cc(-c3ccc(C)c(C)c3)[nH]c(=O)c2c1C1CC1. The first-order valence-electron chi connectivity index (χ1n) is 9.93. The van der Waals surface area contributed by atoms with Crippen LogP contribution in [0.2, 0.25) is 0 Å². The molecule has 0 spiro atoms. The van der Waals surface area contributed by atoms with Gasteiger partial charge in [0.1, 0.15) is 5.52 Å². The Hall–Kier alpha value is -2.89. The zero-order valence-electron chi connectivity index (χ0n) is 16.8. The number of amides is 1. The molecule has 1 aromatic carbocycles. The second kappa shape index (κ2) is 6.93. The summed E-state index contributed by atoms with van der Waals surface area (Å²) in [5.74, 6) is 0.0378. The van der Waals surface area contributed by atoms with Gasteiger partial charge >= 0.3 is 0 Å². The molecule has 0 aliphatic heterocycles. The Morgan fingerprint density at radius 2 is 2.07 bits per heavy atom. The van der Waals surface area contributed by atoms with E-state index >= 15 is 0 Å². The lowest BCUT2D eigenvalue weighted by Crippen LogP contribution is -2.32. The summed E-state index contributed by atoms with van der Waals surface area (Å²) >= 11 is 0. The molecular formula is C22H26N4O2. The Morgan fingerprint density at radius 3 is 2.71 bits per heavy atom. The predicted octanol–water partition coefficient (Wildman–Crippen LogP) is 3.71. The van der Waals surface area contributed by atoms with Crippen molar-refractivity contribution in [2.75, 3.05) is 0 Å². The highest BCUT2D eigenvalue weighted by molar-refractivity contribution is 5.96. The van der Waals surface area contributed by atoms with Crippen molar-refractivity contribution in [3.05, 3.63) is 57.1 Å². The molecule has 0 bridgehead atoms. The van der Waals surface area contributed by atoms with E-state index in [-0.39, 0.29) is 23.4 Å². The highest BCUT2D eigenvalue weighted by atomic mass is 16.2. The van der Waals surface area contributed by atoms with E-state index in [4.69, 9.17) is 0 Å². The Morgan fingerprint density at radius 1 is 1.32 bits per heavy atom. The maximum Gasteiger partial charge on any atom is 0.274 e. The van der Waals surface area contributed by atoms with Crippen molar-refractivity contribution in [1.82, 2.24) is 19.9 Å². The van der Waals surface area contributed by atoms with Crippen LogP contribution in [0.15, 0.2) is 29.2 Å². The van der Waals surface area contributed by atoms with E-state index in [0.29, 0.717) is 16.9 Å². The molecule has 28 heavy (non-hydrogen) atoms. The standard InChI is InChI=1S/C22H26N4O2/c1-5-14(4)23-21(27)19-18(15-8-9-15)20-22(28)24-17(11-26(20)25-19)16-7-6-12(2)13(3)10-16/h6-7,10-11,14-15H,5,8-9H2,1-4H3,(H,23,27)(H,24,28)/t14-/m1/s1. The number of nitrogens with zero attached hydrogens (tertiary/aromatic N) is 2. The van der Waals surface area contributed by atoms with Crippen molar-refractivity contribution in [2.45, 2.75) is 58.9 Å². The smallest absolute Gasteiger partial charge is 0.274 e. The van der Waals surface area contributed by atoms with Crippen molar-refractivity contribution in [1.29, 1.82) is 0 Å². The second-order valence-corrected chi connectivity index (χ2v) is 7.91. The molecule has 2 heterocycles. The number of H-pyrrole nitrogens is 1. The number of benzene rings is 1. The molecule has 4 rings (SSSR count). The zero-order chi connectivity index (χ0) is 20.0. The average molecular weight is 378 g/mol. The molecule has 6 nitrogen and oxygen atoms in total. The molecule has 6 heteroatoms. The summed E-state index contributed by atoms with van der Waals surface area (Å²) < 4.78 is 1.59. The van der Waals surface area contributed by atoms with E-state index in [1.54, 1.807) is 4.52 Å². The van der Waals surface area contributed by atoms with Crippen LogP contribution in [-0.2, 0) is 0 Å². The van der Waals surface area contributed by atoms with Crippen LogP contribution < -0.4 is 10.9 Å². The van der Waals surface area contributed by atoms with Gasteiger partial charge < -0.3 is 10.3 Å². The third-order valence-corrected chi connectivity index (χ3v) is 5.67. The molecule has 3 aromatic rings. The van der Waals surface area contributed by atoms with Crippen LogP contribution in [0.25, 0.3) is 16.8 Å². The lowest BCUT2D eigenvalue weighted by molar-refractivity contribution is 0.0933. The van der Waals surface area contributed by atoms with Gasteiger partial charge in [-0.3, -0.25) is 9.59 Å². The van der Waals surface area contributed by atoms with Gasteiger partial charge in [0.05, 0.1) is 11.9 Å². The number of carbonyl (C=O) groups excluding carboxylic acids is 1. The molecule has 0 saturated heterocycles. The third kappa shape index (κ3) is 3.23. The fraction of sp³-hybridized carbons (Fsp3) is 0.409. The number of hydrogen-bond acceptors (Lipinski definition) is 3. The minimum Gasteiger partial charge on any atom is -0.348 e. The quantitative estimate of drug-likeness (QED) is 0.710. The van der Waals surface area contributed by atoms with Gasteiger partial charge in [-0.15, -0.1) is 0 Å². The molecule has 1 saturated carbocycles. The second-order valence-electron chi connectivity index (χ2n) is 7.91. The van der Waals surface area contributed by atoms with Gasteiger partial charge in [0.25, 0.3) is 11.5 Å². The minimum atomic E-state index is -0.202. The van der Waals surface area contributed by atoms with Crippen molar-refractivity contribution in [3.63, 3.8) is 0 Å². The number of aromatic amines is 1. The number of carbonyl (C=O) groups is 1. The summed E-state index contributed by atoms with van der Waals surface area (Å²) in [5.41, 5.74) is 5.43. The number of nitrogens with one attached hydrogen (secondary N) is 2. The van der Waals surface area contributed by atoms with E-state index in [0.717, 1.165) is 36.0 Å². The third-order valence-electron chi connectivity index (χ3n) is 5.67. The van der Waals surface area contributed by atoms with Gasteiger partial charge in [-0.25, -0.2) is 4.52 Å². The van der Waals surface area contributed by atoms with Crippen LogP contribution in [0.4, 0.5) is 0 Å². The minimum absolute atomic E-state index is 0.0637. The van der Waals surface area contributed by atoms with Gasteiger partial charge in [-0.2, -0.15) is 5.10 Å². The fourth-order valence-corrected chi connectivity index (χ4v) is 3.48. The molecule has 1 atom stereocenters. The van der Waals surface area contributed by atoms with Gasteiger partial charge in [0.2, 0.25) is 0 Å². The highest BCUT2D eigenvalue weighted by Gasteiger charge is 2.34. The van der Waals surface area contributed by atoms with Crippen LogP contribution in [0.1, 0.15) is 66.2 Å². The van der Waals surface area contributed by atoms with Crippen LogP contribution >= 0.6 is 0 Å². The summed E-state index contributed by atoms with van der Waals surface area (Å²) in [6, 6.07) is 6.14. The summed E-state index contributed by atoms with van der Waals surface area (Å²) in [4.78, 5) is 28.7. The van der Waals surface area contributed by atoms with Crippen LogP contribution in [0, 0.1) is 13.8 Å². The first-order chi connectivity index (χ1) is 13.4. The lowest BCUT2D eigenvalue weighted by Gasteiger charge is -2.10. The van der Waals surface area contributed by atoms with E-state index in [1.807, 2.05) is 45.2 Å².